The highest BCUT2D eigenvalue weighted by atomic mass is 32.1. The molecular formula is C25H17FN2O5S. The fraction of sp³-hybridized carbons (Fsp3) is 0.120. The molecule has 3 aromatic carbocycles. The zero-order valence-electron chi connectivity index (χ0n) is 17.9. The van der Waals surface area contributed by atoms with Crippen molar-refractivity contribution in [3.8, 4) is 0 Å². The van der Waals surface area contributed by atoms with Crippen LogP contribution in [0.15, 0.2) is 74.9 Å². The van der Waals surface area contributed by atoms with E-state index in [4.69, 9.17) is 9.15 Å². The van der Waals surface area contributed by atoms with Crippen molar-refractivity contribution in [1.82, 2.24) is 4.57 Å². The van der Waals surface area contributed by atoms with E-state index in [1.54, 1.807) is 19.1 Å². The van der Waals surface area contributed by atoms with Gasteiger partial charge in [0.25, 0.3) is 5.91 Å². The lowest BCUT2D eigenvalue weighted by atomic mass is 10.0. The van der Waals surface area contributed by atoms with Crippen LogP contribution in [0.25, 0.3) is 32.0 Å². The number of para-hydroxylation sites is 1. The van der Waals surface area contributed by atoms with Crippen LogP contribution in [-0.2, 0) is 16.1 Å². The van der Waals surface area contributed by atoms with Gasteiger partial charge in [0.2, 0.25) is 0 Å². The van der Waals surface area contributed by atoms with E-state index in [0.717, 1.165) is 22.1 Å². The Morgan fingerprint density at radius 3 is 2.74 bits per heavy atom. The van der Waals surface area contributed by atoms with Crippen LogP contribution < -0.4 is 10.4 Å². The maximum atomic E-state index is 14.6. The van der Waals surface area contributed by atoms with E-state index in [9.17, 15) is 18.8 Å². The molecule has 0 N–H and O–H groups in total. The Kier molecular flexibility index (Phi) is 5.54. The van der Waals surface area contributed by atoms with Gasteiger partial charge >= 0.3 is 11.6 Å². The molecule has 0 spiro atoms. The van der Waals surface area contributed by atoms with Gasteiger partial charge in [-0.25, -0.2) is 9.18 Å². The molecule has 5 aromatic rings. The predicted octanol–water partition coefficient (Wildman–Crippen LogP) is 4.41. The number of rotatable bonds is 4. The fourth-order valence-electron chi connectivity index (χ4n) is 3.82. The summed E-state index contributed by atoms with van der Waals surface area (Å²) in [5.41, 5.74) is -0.615. The first-order valence-corrected chi connectivity index (χ1v) is 11.3. The summed E-state index contributed by atoms with van der Waals surface area (Å²) in [6, 6.07) is 16.9. The minimum absolute atomic E-state index is 0.0653. The molecule has 0 unspecified atom stereocenters. The molecule has 170 valence electrons. The molecule has 7 nitrogen and oxygen atoms in total. The van der Waals surface area contributed by atoms with Crippen molar-refractivity contribution in [2.75, 3.05) is 6.61 Å². The van der Waals surface area contributed by atoms with E-state index in [1.807, 2.05) is 30.3 Å². The van der Waals surface area contributed by atoms with Gasteiger partial charge in [0, 0.05) is 5.39 Å². The summed E-state index contributed by atoms with van der Waals surface area (Å²) in [6.07, 6.45) is 0. The van der Waals surface area contributed by atoms with Crippen molar-refractivity contribution < 1.29 is 23.1 Å². The number of carbonyl (C=O) groups excluding carboxylic acids is 2. The predicted molar refractivity (Wildman–Crippen MR) is 126 cm³/mol. The summed E-state index contributed by atoms with van der Waals surface area (Å²) in [4.78, 5) is 42.0. The maximum Gasteiger partial charge on any atom is 0.349 e. The van der Waals surface area contributed by atoms with Gasteiger partial charge in [0.1, 0.15) is 23.5 Å². The molecule has 0 aliphatic heterocycles. The van der Waals surface area contributed by atoms with Crippen LogP contribution >= 0.6 is 11.3 Å². The highest BCUT2D eigenvalue weighted by Gasteiger charge is 2.18. The van der Waals surface area contributed by atoms with E-state index in [-0.39, 0.29) is 29.0 Å². The number of aromatic nitrogens is 1. The number of nitrogens with zero attached hydrogens (tertiary/aromatic N) is 2. The third kappa shape index (κ3) is 3.80. The Bertz CT molecular complexity index is 1730. The van der Waals surface area contributed by atoms with E-state index in [2.05, 4.69) is 4.99 Å². The lowest BCUT2D eigenvalue weighted by Crippen LogP contribution is -2.24. The van der Waals surface area contributed by atoms with Gasteiger partial charge < -0.3 is 13.7 Å². The molecule has 9 heteroatoms. The summed E-state index contributed by atoms with van der Waals surface area (Å²) in [6.45, 7) is 1.48. The zero-order chi connectivity index (χ0) is 23.8. The van der Waals surface area contributed by atoms with Crippen molar-refractivity contribution in [3.05, 3.63) is 87.3 Å². The second-order valence-electron chi connectivity index (χ2n) is 7.43. The van der Waals surface area contributed by atoms with Crippen molar-refractivity contribution >= 4 is 55.2 Å². The number of thiazole rings is 1. The molecule has 1 amide bonds. The highest BCUT2D eigenvalue weighted by Crippen LogP contribution is 2.25. The van der Waals surface area contributed by atoms with Crippen molar-refractivity contribution in [2.45, 2.75) is 13.5 Å². The minimum atomic E-state index is -0.854. The van der Waals surface area contributed by atoms with E-state index in [0.29, 0.717) is 15.7 Å². The molecule has 2 heterocycles. The van der Waals surface area contributed by atoms with Crippen LogP contribution in [0.1, 0.15) is 17.3 Å². The Labute approximate surface area is 195 Å². The van der Waals surface area contributed by atoms with Gasteiger partial charge in [-0.15, -0.1) is 0 Å². The number of hydrogen-bond acceptors (Lipinski definition) is 6. The Hall–Kier alpha value is -4.11. The van der Waals surface area contributed by atoms with E-state index >= 15 is 0 Å². The largest absolute Gasteiger partial charge is 0.465 e. The molecule has 0 saturated heterocycles. The Morgan fingerprint density at radius 2 is 1.91 bits per heavy atom. The summed E-state index contributed by atoms with van der Waals surface area (Å²) in [7, 11) is 0. The smallest absolute Gasteiger partial charge is 0.349 e. The molecule has 0 fully saturated rings. The molecule has 0 aliphatic carbocycles. The number of benzene rings is 3. The number of hydrogen-bond donors (Lipinski definition) is 0. The van der Waals surface area contributed by atoms with E-state index in [1.165, 1.54) is 22.8 Å². The summed E-state index contributed by atoms with van der Waals surface area (Å²) in [5.74, 6) is -2.02. The van der Waals surface area contributed by atoms with Crippen LogP contribution in [0.2, 0.25) is 0 Å². The molecule has 0 atom stereocenters. The van der Waals surface area contributed by atoms with Gasteiger partial charge in [0.15, 0.2) is 4.80 Å². The fourth-order valence-corrected chi connectivity index (χ4v) is 4.86. The summed E-state index contributed by atoms with van der Waals surface area (Å²) in [5, 5.41) is 2.34. The van der Waals surface area contributed by atoms with Gasteiger partial charge in [0.05, 0.1) is 16.8 Å². The van der Waals surface area contributed by atoms with Crippen LogP contribution in [0.5, 0.6) is 0 Å². The number of esters is 1. The van der Waals surface area contributed by atoms with Gasteiger partial charge in [-0.3, -0.25) is 9.59 Å². The first-order chi connectivity index (χ1) is 16.5. The molecule has 0 aliphatic rings. The average molecular weight is 476 g/mol. The molecular weight excluding hydrogens is 459 g/mol. The quantitative estimate of drug-likeness (QED) is 0.218. The van der Waals surface area contributed by atoms with Crippen LogP contribution in [0.4, 0.5) is 4.39 Å². The topological polar surface area (TPSA) is 90.9 Å². The number of amides is 1. The van der Waals surface area contributed by atoms with Crippen LogP contribution in [-0.4, -0.2) is 23.1 Å². The van der Waals surface area contributed by atoms with Gasteiger partial charge in [-0.1, -0.05) is 47.7 Å². The lowest BCUT2D eigenvalue weighted by molar-refractivity contribution is -0.143. The molecule has 2 aromatic heterocycles. The third-order valence-corrected chi connectivity index (χ3v) is 6.36. The summed E-state index contributed by atoms with van der Waals surface area (Å²) >= 11 is 1.03. The second-order valence-corrected chi connectivity index (χ2v) is 8.43. The molecule has 34 heavy (non-hydrogen) atoms. The monoisotopic (exact) mass is 476 g/mol. The van der Waals surface area contributed by atoms with Gasteiger partial charge in [-0.05, 0) is 42.0 Å². The molecule has 0 saturated carbocycles. The SMILES string of the molecule is CCOC(=O)Cn1c(=NC(=O)c2cc3c(ccc4ccccc43)oc2=O)sc2cccc(F)c21. The first kappa shape index (κ1) is 21.7. The molecule has 0 bridgehead atoms. The average Bonchev–Trinajstić information content (AvgIpc) is 3.16. The lowest BCUT2D eigenvalue weighted by Gasteiger charge is -2.06. The zero-order valence-corrected chi connectivity index (χ0v) is 18.7. The number of carbonyl (C=O) groups is 2. The minimum Gasteiger partial charge on any atom is -0.465 e. The van der Waals surface area contributed by atoms with Crippen molar-refractivity contribution in [1.29, 1.82) is 0 Å². The van der Waals surface area contributed by atoms with E-state index < -0.39 is 23.3 Å². The highest BCUT2D eigenvalue weighted by molar-refractivity contribution is 7.16. The molecule has 0 radical (unpaired) electrons. The maximum absolute atomic E-state index is 14.6. The Balaban J connectivity index is 1.69. The number of ether oxygens (including phenoxy) is 1. The number of fused-ring (bicyclic) bond motifs is 4. The van der Waals surface area contributed by atoms with Crippen molar-refractivity contribution in [3.63, 3.8) is 0 Å². The first-order valence-electron chi connectivity index (χ1n) is 10.4. The summed E-state index contributed by atoms with van der Waals surface area (Å²) < 4.78 is 26.7. The standard InChI is InChI=1S/C25H17FN2O5S/c1-2-32-21(29)13-28-22-18(26)8-5-9-20(22)34-25(28)27-23(30)17-12-16-15-7-4-3-6-14(15)10-11-19(16)33-24(17)31/h3-12H,2,13H2,1H3. The van der Waals surface area contributed by atoms with Gasteiger partial charge in [-0.2, -0.15) is 4.99 Å². The van der Waals surface area contributed by atoms with Crippen LogP contribution in [0, 0.1) is 5.82 Å². The number of halogens is 1. The normalized spacial score (nSPS) is 12.0. The third-order valence-electron chi connectivity index (χ3n) is 5.31. The second kappa shape index (κ2) is 8.68. The Morgan fingerprint density at radius 1 is 1.09 bits per heavy atom. The molecule has 5 rings (SSSR count). The van der Waals surface area contributed by atoms with Crippen LogP contribution in [0.3, 0.4) is 0 Å². The van der Waals surface area contributed by atoms with Crippen molar-refractivity contribution in [2.24, 2.45) is 4.99 Å².